The number of nitrogens with one attached hydrogen (secondary N) is 2. The Hall–Kier alpha value is -4.34. The van der Waals surface area contributed by atoms with Gasteiger partial charge in [-0.2, -0.15) is 14.6 Å². The maximum absolute atomic E-state index is 13.4. The Bertz CT molecular complexity index is 1510. The zero-order valence-corrected chi connectivity index (χ0v) is 20.2. The van der Waals surface area contributed by atoms with Crippen LogP contribution in [0.3, 0.4) is 0 Å². The molecule has 10 nitrogen and oxygen atoms in total. The highest BCUT2D eigenvalue weighted by Crippen LogP contribution is 2.37. The topological polar surface area (TPSA) is 139 Å². The average Bonchev–Trinajstić information content (AvgIpc) is 3.63. The van der Waals surface area contributed by atoms with E-state index < -0.39 is 11.9 Å². The fourth-order valence-electron chi connectivity index (χ4n) is 5.95. The maximum atomic E-state index is 13.4. The lowest BCUT2D eigenvalue weighted by molar-refractivity contribution is 0.0695. The molecule has 0 aliphatic heterocycles. The SMILES string of the molecule is Cc1c(C(=O)O)ccc2c1CC[C@@H]2NC(=O)c1cc(C(=O)NC2CCC3C=CC=CC32)nc2ncnn12. The van der Waals surface area contributed by atoms with Gasteiger partial charge >= 0.3 is 5.97 Å². The third-order valence-corrected chi connectivity index (χ3v) is 7.84. The largest absolute Gasteiger partial charge is 0.478 e. The van der Waals surface area contributed by atoms with Gasteiger partial charge in [0.05, 0.1) is 11.6 Å². The molecule has 3 unspecified atom stereocenters. The van der Waals surface area contributed by atoms with Crippen molar-refractivity contribution >= 4 is 23.6 Å². The Morgan fingerprint density at radius 1 is 1.05 bits per heavy atom. The first kappa shape index (κ1) is 23.1. The molecule has 3 aromatic rings. The molecule has 3 aliphatic rings. The number of fused-ring (bicyclic) bond motifs is 3. The highest BCUT2D eigenvalue weighted by Gasteiger charge is 2.35. The van der Waals surface area contributed by atoms with Crippen LogP contribution in [0.4, 0.5) is 0 Å². The lowest BCUT2D eigenvalue weighted by Crippen LogP contribution is -2.39. The highest BCUT2D eigenvalue weighted by molar-refractivity contribution is 5.98. The van der Waals surface area contributed by atoms with E-state index in [0.717, 1.165) is 29.5 Å². The molecule has 0 spiro atoms. The summed E-state index contributed by atoms with van der Waals surface area (Å²) in [7, 11) is 0. The molecular formula is C27H26N6O4. The van der Waals surface area contributed by atoms with Crippen molar-refractivity contribution in [1.82, 2.24) is 30.2 Å². The van der Waals surface area contributed by atoms with Crippen LogP contribution in [0.25, 0.3) is 5.78 Å². The molecular weight excluding hydrogens is 472 g/mol. The molecule has 0 saturated heterocycles. The minimum absolute atomic E-state index is 0.000737. The summed E-state index contributed by atoms with van der Waals surface area (Å²) in [5.74, 6) is -0.888. The van der Waals surface area contributed by atoms with E-state index in [0.29, 0.717) is 18.8 Å². The summed E-state index contributed by atoms with van der Waals surface area (Å²) in [6.45, 7) is 1.80. The van der Waals surface area contributed by atoms with Crippen molar-refractivity contribution in [2.45, 2.75) is 44.7 Å². The van der Waals surface area contributed by atoms with Gasteiger partial charge in [0.1, 0.15) is 17.7 Å². The number of carbonyl (C=O) groups excluding carboxylic acids is 2. The van der Waals surface area contributed by atoms with Crippen LogP contribution in [-0.4, -0.2) is 48.5 Å². The second kappa shape index (κ2) is 8.95. The number of benzene rings is 1. The third kappa shape index (κ3) is 3.98. The number of carbonyl (C=O) groups is 3. The van der Waals surface area contributed by atoms with E-state index in [2.05, 4.69) is 37.9 Å². The molecule has 2 aromatic heterocycles. The normalized spacial score (nSPS) is 23.6. The Balaban J connectivity index is 1.25. The first-order valence-corrected chi connectivity index (χ1v) is 12.4. The van der Waals surface area contributed by atoms with Crippen molar-refractivity contribution in [3.8, 4) is 0 Å². The molecule has 3 N–H and O–H groups in total. The molecule has 6 rings (SSSR count). The van der Waals surface area contributed by atoms with Gasteiger partial charge in [0, 0.05) is 18.0 Å². The van der Waals surface area contributed by atoms with Crippen LogP contribution in [0.5, 0.6) is 0 Å². The predicted octanol–water partition coefficient (Wildman–Crippen LogP) is 2.80. The van der Waals surface area contributed by atoms with E-state index in [1.54, 1.807) is 19.1 Å². The van der Waals surface area contributed by atoms with Crippen molar-refractivity contribution in [3.63, 3.8) is 0 Å². The van der Waals surface area contributed by atoms with Gasteiger partial charge < -0.3 is 15.7 Å². The number of carboxylic acids is 1. The smallest absolute Gasteiger partial charge is 0.335 e. The summed E-state index contributed by atoms with van der Waals surface area (Å²) in [5, 5.41) is 19.7. The van der Waals surface area contributed by atoms with Gasteiger partial charge in [-0.05, 0) is 61.3 Å². The van der Waals surface area contributed by atoms with Crippen molar-refractivity contribution in [2.24, 2.45) is 11.8 Å². The van der Waals surface area contributed by atoms with E-state index in [1.807, 2.05) is 12.2 Å². The number of aromatic carboxylic acids is 1. The van der Waals surface area contributed by atoms with Gasteiger partial charge in [-0.15, -0.1) is 0 Å². The first-order valence-electron chi connectivity index (χ1n) is 12.4. The quantitative estimate of drug-likeness (QED) is 0.492. The number of rotatable bonds is 5. The van der Waals surface area contributed by atoms with Crippen molar-refractivity contribution in [2.75, 3.05) is 0 Å². The van der Waals surface area contributed by atoms with Gasteiger partial charge in [-0.3, -0.25) is 9.59 Å². The third-order valence-electron chi connectivity index (χ3n) is 7.84. The molecule has 1 fully saturated rings. The Morgan fingerprint density at radius 3 is 2.73 bits per heavy atom. The number of hydrogen-bond donors (Lipinski definition) is 3. The van der Waals surface area contributed by atoms with Crippen LogP contribution in [-0.2, 0) is 6.42 Å². The number of amides is 2. The predicted molar refractivity (Wildman–Crippen MR) is 133 cm³/mol. The van der Waals surface area contributed by atoms with Crippen LogP contribution in [0.2, 0.25) is 0 Å². The van der Waals surface area contributed by atoms with Crippen LogP contribution < -0.4 is 10.6 Å². The molecule has 1 aromatic carbocycles. The standard InChI is InChI=1S/C27H26N6O4/c1-14-16-9-11-21(19(16)8-7-17(14)26(36)37)31-25(35)23-12-22(32-27-28-13-29-33(23)27)24(34)30-20-10-6-15-4-2-3-5-18(15)20/h2-5,7-8,12-13,15,18,20-21H,6,9-11H2,1H3,(H,30,34)(H,31,35)(H,36,37)/t15?,18?,20?,21-/m0/s1. The first-order chi connectivity index (χ1) is 17.9. The Kier molecular flexibility index (Phi) is 5.58. The fourth-order valence-corrected chi connectivity index (χ4v) is 5.95. The van der Waals surface area contributed by atoms with E-state index in [1.165, 1.54) is 16.9 Å². The molecule has 10 heteroatoms. The number of allylic oxidation sites excluding steroid dienone is 3. The molecule has 0 radical (unpaired) electrons. The van der Waals surface area contributed by atoms with Crippen LogP contribution in [0, 0.1) is 18.8 Å². The Labute approximate surface area is 212 Å². The van der Waals surface area contributed by atoms with E-state index in [4.69, 9.17) is 0 Å². The molecule has 3 aliphatic carbocycles. The molecule has 2 heterocycles. The zero-order chi connectivity index (χ0) is 25.7. The second-order valence-electron chi connectivity index (χ2n) is 9.84. The number of carboxylic acid groups (broad SMARTS) is 1. The Morgan fingerprint density at radius 2 is 1.89 bits per heavy atom. The fraction of sp³-hybridized carbons (Fsp3) is 0.333. The van der Waals surface area contributed by atoms with E-state index in [-0.39, 0.29) is 46.6 Å². The number of nitrogens with zero attached hydrogens (tertiary/aromatic N) is 4. The van der Waals surface area contributed by atoms with Gasteiger partial charge in [-0.25, -0.2) is 9.78 Å². The summed E-state index contributed by atoms with van der Waals surface area (Å²) < 4.78 is 1.32. The van der Waals surface area contributed by atoms with Crippen molar-refractivity contribution in [1.29, 1.82) is 0 Å². The minimum Gasteiger partial charge on any atom is -0.478 e. The summed E-state index contributed by atoms with van der Waals surface area (Å²) in [6.07, 6.45) is 12.9. The second-order valence-corrected chi connectivity index (χ2v) is 9.84. The van der Waals surface area contributed by atoms with Gasteiger partial charge in [0.15, 0.2) is 0 Å². The molecule has 37 heavy (non-hydrogen) atoms. The monoisotopic (exact) mass is 498 g/mol. The van der Waals surface area contributed by atoms with Gasteiger partial charge in [0.25, 0.3) is 17.6 Å². The van der Waals surface area contributed by atoms with Gasteiger partial charge in [0.2, 0.25) is 0 Å². The van der Waals surface area contributed by atoms with Crippen LogP contribution >= 0.6 is 0 Å². The average molecular weight is 499 g/mol. The van der Waals surface area contributed by atoms with E-state index >= 15 is 0 Å². The van der Waals surface area contributed by atoms with Gasteiger partial charge in [-0.1, -0.05) is 30.4 Å². The van der Waals surface area contributed by atoms with E-state index in [9.17, 15) is 19.5 Å². The van der Waals surface area contributed by atoms with Crippen LogP contribution in [0.15, 0.2) is 48.8 Å². The van der Waals surface area contributed by atoms with Crippen molar-refractivity contribution in [3.05, 3.63) is 82.5 Å². The highest BCUT2D eigenvalue weighted by atomic mass is 16.4. The lowest BCUT2D eigenvalue weighted by Gasteiger charge is -2.22. The summed E-state index contributed by atoms with van der Waals surface area (Å²) in [5.41, 5.74) is 3.12. The minimum atomic E-state index is -0.965. The molecule has 1 saturated carbocycles. The number of hydrogen-bond acceptors (Lipinski definition) is 6. The van der Waals surface area contributed by atoms with Crippen molar-refractivity contribution < 1.29 is 19.5 Å². The number of aromatic nitrogens is 4. The zero-order valence-electron chi connectivity index (χ0n) is 20.2. The van der Waals surface area contributed by atoms with Crippen LogP contribution in [0.1, 0.15) is 73.3 Å². The molecule has 2 amide bonds. The summed E-state index contributed by atoms with van der Waals surface area (Å²) in [4.78, 5) is 46.6. The molecule has 188 valence electrons. The molecule has 4 atom stereocenters. The molecule has 0 bridgehead atoms. The maximum Gasteiger partial charge on any atom is 0.335 e. The summed E-state index contributed by atoms with van der Waals surface area (Å²) in [6, 6.07) is 4.51. The lowest BCUT2D eigenvalue weighted by atomic mass is 9.90. The summed E-state index contributed by atoms with van der Waals surface area (Å²) >= 11 is 0.